The summed E-state index contributed by atoms with van der Waals surface area (Å²) in [6.07, 6.45) is 3.98. The van der Waals surface area contributed by atoms with Gasteiger partial charge in [-0.3, -0.25) is 28.8 Å². The van der Waals surface area contributed by atoms with Crippen LogP contribution in [-0.4, -0.2) is 86.2 Å². The van der Waals surface area contributed by atoms with E-state index in [1.54, 1.807) is 6.92 Å². The van der Waals surface area contributed by atoms with Gasteiger partial charge in [0.25, 0.3) is 0 Å². The number of aliphatic carboxylic acids is 4. The number of carboxylic acid groups (broad SMARTS) is 4. The fourth-order valence-electron chi connectivity index (χ4n) is 5.44. The Morgan fingerprint density at radius 1 is 0.638 bits per heavy atom. The summed E-state index contributed by atoms with van der Waals surface area (Å²) < 4.78 is 11.5. The van der Waals surface area contributed by atoms with E-state index in [2.05, 4.69) is 0 Å². The van der Waals surface area contributed by atoms with Gasteiger partial charge in [-0.05, 0) is 31.1 Å². The lowest BCUT2D eigenvalue weighted by Gasteiger charge is -2.33. The maximum atomic E-state index is 13.0. The van der Waals surface area contributed by atoms with E-state index in [-0.39, 0.29) is 24.8 Å². The zero-order valence-electron chi connectivity index (χ0n) is 28.1. The predicted octanol–water partition coefficient (Wildman–Crippen LogP) is 4.23. The third kappa shape index (κ3) is 21.3. The number of aliphatic hydroxyl groups is 1. The number of hydrogen-bond donors (Lipinski definition) is 6. The van der Waals surface area contributed by atoms with Crippen LogP contribution in [0, 0.1) is 23.7 Å². The van der Waals surface area contributed by atoms with Crippen molar-refractivity contribution in [2.24, 2.45) is 29.4 Å². The highest BCUT2D eigenvalue weighted by Crippen LogP contribution is 2.29. The highest BCUT2D eigenvalue weighted by molar-refractivity contribution is 5.83. The van der Waals surface area contributed by atoms with Crippen LogP contribution in [-0.2, 0) is 38.2 Å². The summed E-state index contributed by atoms with van der Waals surface area (Å²) in [6.45, 7) is 5.96. The molecule has 0 bridgehead atoms. The van der Waals surface area contributed by atoms with Crippen LogP contribution in [0.3, 0.4) is 0 Å². The SMILES string of the molecule is CCCC[C@@H](C)[C@@H](OC(=O)CC(CC(=O)O)C(=O)O)[C@H](C[C@@H](C)CCCCCCCC[C@H](O)CN)OC(=O)CC(CC(=O)O)C(=O)O. The molecule has 0 aromatic rings. The van der Waals surface area contributed by atoms with Gasteiger partial charge >= 0.3 is 35.8 Å². The molecule has 0 saturated carbocycles. The van der Waals surface area contributed by atoms with E-state index in [1.165, 1.54) is 0 Å². The third-order valence-corrected chi connectivity index (χ3v) is 8.25. The van der Waals surface area contributed by atoms with Gasteiger partial charge < -0.3 is 40.7 Å². The van der Waals surface area contributed by atoms with E-state index in [4.69, 9.17) is 25.4 Å². The van der Waals surface area contributed by atoms with Gasteiger partial charge in [0.15, 0.2) is 0 Å². The van der Waals surface area contributed by atoms with E-state index >= 15 is 0 Å². The minimum Gasteiger partial charge on any atom is -0.481 e. The van der Waals surface area contributed by atoms with E-state index < -0.39 is 91.6 Å². The van der Waals surface area contributed by atoms with Crippen molar-refractivity contribution in [1.29, 1.82) is 0 Å². The molecule has 0 aromatic heterocycles. The summed E-state index contributed by atoms with van der Waals surface area (Å²) in [7, 11) is 0. The minimum atomic E-state index is -1.53. The Hall–Kier alpha value is -3.26. The number of ether oxygens (including phenoxy) is 2. The van der Waals surface area contributed by atoms with Gasteiger partial charge in [-0.15, -0.1) is 0 Å². The van der Waals surface area contributed by atoms with Crippen molar-refractivity contribution in [3.63, 3.8) is 0 Å². The van der Waals surface area contributed by atoms with E-state index in [0.717, 1.165) is 57.8 Å². The fourth-order valence-corrected chi connectivity index (χ4v) is 5.44. The van der Waals surface area contributed by atoms with Crippen molar-refractivity contribution >= 4 is 35.8 Å². The molecule has 2 unspecified atom stereocenters. The molecule has 0 aliphatic rings. The van der Waals surface area contributed by atoms with Gasteiger partial charge in [-0.1, -0.05) is 78.6 Å². The molecule has 47 heavy (non-hydrogen) atoms. The Morgan fingerprint density at radius 3 is 1.55 bits per heavy atom. The molecule has 14 heteroatoms. The highest BCUT2D eigenvalue weighted by Gasteiger charge is 2.36. The Morgan fingerprint density at radius 2 is 1.11 bits per heavy atom. The third-order valence-electron chi connectivity index (χ3n) is 8.25. The molecule has 0 rings (SSSR count). The normalized spacial score (nSPS) is 15.8. The number of carbonyl (C=O) groups excluding carboxylic acids is 2. The monoisotopic (exact) mass is 675 g/mol. The largest absolute Gasteiger partial charge is 0.481 e. The van der Waals surface area contributed by atoms with Crippen molar-refractivity contribution in [3.8, 4) is 0 Å². The van der Waals surface area contributed by atoms with E-state index in [0.29, 0.717) is 12.8 Å². The first-order chi connectivity index (χ1) is 22.1. The average Bonchev–Trinajstić information content (AvgIpc) is 2.98. The second-order valence-corrected chi connectivity index (χ2v) is 12.7. The Balaban J connectivity index is 5.83. The standard InChI is InChI=1S/C33H57NO13/c1-4-5-13-22(3)31(47-30(41)19-24(33(44)45)17-28(38)39)26(46-29(40)18-23(32(42)43)16-27(36)37)15-21(2)12-10-8-6-7-9-11-14-25(35)20-34/h21-26,31,35H,4-20,34H2,1-3H3,(H,36,37)(H,38,39)(H,42,43)(H,44,45)/t21-,22+,23?,24?,25-,26-,31+/m0/s1. The molecule has 0 saturated heterocycles. The summed E-state index contributed by atoms with van der Waals surface area (Å²) in [5.74, 6) is -11.1. The second kappa shape index (κ2) is 24.9. The van der Waals surface area contributed by atoms with Crippen molar-refractivity contribution in [3.05, 3.63) is 0 Å². The molecule has 0 aromatic carbocycles. The molecule has 0 fully saturated rings. The number of hydrogen-bond acceptors (Lipinski definition) is 10. The molecule has 7 N–H and O–H groups in total. The first kappa shape index (κ1) is 43.7. The molecule has 0 amide bonds. The lowest BCUT2D eigenvalue weighted by Crippen LogP contribution is -2.42. The maximum absolute atomic E-state index is 13.0. The number of aliphatic hydroxyl groups excluding tert-OH is 1. The van der Waals surface area contributed by atoms with Crippen LogP contribution in [0.4, 0.5) is 0 Å². The van der Waals surface area contributed by atoms with Crippen LogP contribution in [0.1, 0.15) is 124 Å². The predicted molar refractivity (Wildman–Crippen MR) is 170 cm³/mol. The zero-order chi connectivity index (χ0) is 35.9. The van der Waals surface area contributed by atoms with Gasteiger partial charge in [0.1, 0.15) is 12.2 Å². The lowest BCUT2D eigenvalue weighted by molar-refractivity contribution is -0.177. The van der Waals surface area contributed by atoms with Crippen molar-refractivity contribution in [2.45, 2.75) is 142 Å². The molecular weight excluding hydrogens is 618 g/mol. The molecule has 7 atom stereocenters. The second-order valence-electron chi connectivity index (χ2n) is 12.7. The van der Waals surface area contributed by atoms with E-state index in [9.17, 15) is 44.1 Å². The first-order valence-corrected chi connectivity index (χ1v) is 16.8. The number of carboxylic acids is 4. The quantitative estimate of drug-likeness (QED) is 0.0480. The van der Waals surface area contributed by atoms with Crippen LogP contribution >= 0.6 is 0 Å². The molecule has 272 valence electrons. The summed E-state index contributed by atoms with van der Waals surface area (Å²) in [4.78, 5) is 71.5. The van der Waals surface area contributed by atoms with Crippen LogP contribution in [0.25, 0.3) is 0 Å². The van der Waals surface area contributed by atoms with Gasteiger partial charge in [-0.2, -0.15) is 0 Å². The number of carbonyl (C=O) groups is 6. The topological polar surface area (TPSA) is 248 Å². The lowest BCUT2D eigenvalue weighted by atomic mass is 9.87. The molecule has 0 aliphatic heterocycles. The molecule has 0 radical (unpaired) electrons. The summed E-state index contributed by atoms with van der Waals surface area (Å²) >= 11 is 0. The zero-order valence-corrected chi connectivity index (χ0v) is 28.1. The van der Waals surface area contributed by atoms with Crippen molar-refractivity contribution < 1.29 is 63.8 Å². The van der Waals surface area contributed by atoms with Gasteiger partial charge in [0, 0.05) is 6.54 Å². The number of rotatable bonds is 29. The van der Waals surface area contributed by atoms with Crippen LogP contribution in [0.15, 0.2) is 0 Å². The Bertz CT molecular complexity index is 972. The fraction of sp³-hybridized carbons (Fsp3) is 0.818. The van der Waals surface area contributed by atoms with Crippen LogP contribution < -0.4 is 5.73 Å². The maximum Gasteiger partial charge on any atom is 0.307 e. The average molecular weight is 676 g/mol. The van der Waals surface area contributed by atoms with E-state index in [1.807, 2.05) is 13.8 Å². The molecule has 0 heterocycles. The summed E-state index contributed by atoms with van der Waals surface area (Å²) in [5.41, 5.74) is 5.43. The summed E-state index contributed by atoms with van der Waals surface area (Å²) in [5, 5.41) is 46.6. The first-order valence-electron chi connectivity index (χ1n) is 16.8. The van der Waals surface area contributed by atoms with Crippen LogP contribution in [0.2, 0.25) is 0 Å². The Kier molecular flexibility index (Phi) is 23.1. The molecular formula is C33H57NO13. The summed E-state index contributed by atoms with van der Waals surface area (Å²) in [6, 6.07) is 0. The number of esters is 2. The highest BCUT2D eigenvalue weighted by atomic mass is 16.6. The van der Waals surface area contributed by atoms with Crippen molar-refractivity contribution in [1.82, 2.24) is 0 Å². The number of nitrogens with two attached hydrogens (primary N) is 1. The Labute approximate surface area is 277 Å². The van der Waals surface area contributed by atoms with Gasteiger partial charge in [0.05, 0.1) is 43.6 Å². The number of unbranched alkanes of at least 4 members (excludes halogenated alkanes) is 6. The van der Waals surface area contributed by atoms with Crippen molar-refractivity contribution in [2.75, 3.05) is 6.54 Å². The molecule has 0 spiro atoms. The van der Waals surface area contributed by atoms with Gasteiger partial charge in [0.2, 0.25) is 0 Å². The smallest absolute Gasteiger partial charge is 0.307 e. The van der Waals surface area contributed by atoms with Gasteiger partial charge in [-0.25, -0.2) is 0 Å². The van der Waals surface area contributed by atoms with Crippen LogP contribution in [0.5, 0.6) is 0 Å². The molecule has 0 aliphatic carbocycles. The minimum absolute atomic E-state index is 0.0276. The molecule has 14 nitrogen and oxygen atoms in total.